The van der Waals surface area contributed by atoms with Crippen LogP contribution in [0, 0.1) is 5.92 Å². The molecule has 0 radical (unpaired) electrons. The molecule has 6 nitrogen and oxygen atoms in total. The van der Waals surface area contributed by atoms with Gasteiger partial charge in [-0.1, -0.05) is 6.92 Å². The Labute approximate surface area is 106 Å². The second-order valence-corrected chi connectivity index (χ2v) is 4.51. The molecule has 0 saturated carbocycles. The predicted octanol–water partition coefficient (Wildman–Crippen LogP) is 0.470. The first-order valence-electron chi connectivity index (χ1n) is 5.96. The summed E-state index contributed by atoms with van der Waals surface area (Å²) in [5, 5.41) is 9.86. The molecule has 0 aliphatic carbocycles. The number of carbonyl (C=O) groups is 1. The topological polar surface area (TPSA) is 75.5 Å². The van der Waals surface area contributed by atoms with E-state index in [-0.39, 0.29) is 11.9 Å². The van der Waals surface area contributed by atoms with Crippen LogP contribution >= 0.6 is 0 Å². The third kappa shape index (κ3) is 2.59. The van der Waals surface area contributed by atoms with Crippen molar-refractivity contribution in [2.24, 2.45) is 5.92 Å². The molecule has 1 N–H and O–H groups in total. The van der Waals surface area contributed by atoms with E-state index in [9.17, 15) is 9.90 Å². The van der Waals surface area contributed by atoms with Gasteiger partial charge in [0.1, 0.15) is 5.82 Å². The van der Waals surface area contributed by atoms with E-state index in [1.165, 1.54) is 13.3 Å². The number of hydrogen-bond donors (Lipinski definition) is 1. The normalized spacial score (nSPS) is 23.8. The van der Waals surface area contributed by atoms with Gasteiger partial charge in [0.2, 0.25) is 5.82 Å². The van der Waals surface area contributed by atoms with Crippen molar-refractivity contribution in [3.05, 3.63) is 18.1 Å². The molecule has 1 aromatic rings. The van der Waals surface area contributed by atoms with E-state index >= 15 is 0 Å². The zero-order valence-corrected chi connectivity index (χ0v) is 10.5. The Morgan fingerprint density at radius 1 is 1.61 bits per heavy atom. The summed E-state index contributed by atoms with van der Waals surface area (Å²) in [6.45, 7) is 3.37. The quantitative estimate of drug-likeness (QED) is 0.770. The molecule has 98 valence electrons. The lowest BCUT2D eigenvalue weighted by Crippen LogP contribution is -2.43. The van der Waals surface area contributed by atoms with Gasteiger partial charge in [-0.05, 0) is 18.4 Å². The molecule has 0 spiro atoms. The van der Waals surface area contributed by atoms with Crippen molar-refractivity contribution in [3.63, 3.8) is 0 Å². The molecule has 6 heteroatoms. The minimum Gasteiger partial charge on any atom is -0.463 e. The summed E-state index contributed by atoms with van der Waals surface area (Å²) in [5.41, 5.74) is 0. The maximum Gasteiger partial charge on any atom is 0.376 e. The van der Waals surface area contributed by atoms with Gasteiger partial charge in [-0.25, -0.2) is 14.8 Å². The minimum absolute atomic E-state index is 0.0445. The van der Waals surface area contributed by atoms with Gasteiger partial charge in [0.05, 0.1) is 13.2 Å². The maximum atomic E-state index is 11.3. The zero-order chi connectivity index (χ0) is 13.1. The highest BCUT2D eigenvalue weighted by Crippen LogP contribution is 2.21. The first kappa shape index (κ1) is 12.8. The Kier molecular flexibility index (Phi) is 3.76. The van der Waals surface area contributed by atoms with Crippen LogP contribution in [0.1, 0.15) is 24.0 Å². The number of hydrogen-bond acceptors (Lipinski definition) is 6. The number of aliphatic hydroxyl groups excluding tert-OH is 1. The third-order valence-electron chi connectivity index (χ3n) is 3.25. The van der Waals surface area contributed by atoms with Crippen molar-refractivity contribution < 1.29 is 14.6 Å². The first-order valence-corrected chi connectivity index (χ1v) is 5.96. The number of aromatic nitrogens is 2. The first-order chi connectivity index (χ1) is 8.61. The van der Waals surface area contributed by atoms with E-state index in [4.69, 9.17) is 0 Å². The Hall–Kier alpha value is -1.69. The number of piperidine rings is 1. The van der Waals surface area contributed by atoms with Gasteiger partial charge < -0.3 is 14.7 Å². The van der Waals surface area contributed by atoms with E-state index < -0.39 is 5.97 Å². The molecule has 0 aromatic carbocycles. The van der Waals surface area contributed by atoms with Crippen molar-refractivity contribution >= 4 is 11.8 Å². The molecule has 2 unspecified atom stereocenters. The lowest BCUT2D eigenvalue weighted by molar-refractivity contribution is 0.0586. The van der Waals surface area contributed by atoms with Crippen molar-refractivity contribution in [1.82, 2.24) is 9.97 Å². The SMILES string of the molecule is COC(=O)c1nccc(N2CCC(C)C(O)C2)n1. The molecule has 1 saturated heterocycles. The van der Waals surface area contributed by atoms with Crippen LogP contribution in [0.5, 0.6) is 0 Å². The fourth-order valence-corrected chi connectivity index (χ4v) is 1.97. The Balaban J connectivity index is 2.16. The smallest absolute Gasteiger partial charge is 0.376 e. The number of anilines is 1. The number of nitrogens with zero attached hydrogens (tertiary/aromatic N) is 3. The van der Waals surface area contributed by atoms with E-state index in [1.807, 2.05) is 11.8 Å². The molecule has 1 fully saturated rings. The molecule has 2 atom stereocenters. The number of ether oxygens (including phenoxy) is 1. The Bertz CT molecular complexity index is 438. The molecule has 2 heterocycles. The van der Waals surface area contributed by atoms with Gasteiger partial charge in [-0.15, -0.1) is 0 Å². The summed E-state index contributed by atoms with van der Waals surface area (Å²) in [6.07, 6.45) is 2.06. The molecule has 1 aliphatic rings. The zero-order valence-electron chi connectivity index (χ0n) is 10.5. The van der Waals surface area contributed by atoms with Crippen LogP contribution in [-0.2, 0) is 4.74 Å². The summed E-state index contributed by atoms with van der Waals surface area (Å²) in [7, 11) is 1.30. The molecular weight excluding hydrogens is 234 g/mol. The molecule has 1 aromatic heterocycles. The molecule has 2 rings (SSSR count). The van der Waals surface area contributed by atoms with Crippen LogP contribution in [0.25, 0.3) is 0 Å². The van der Waals surface area contributed by atoms with Crippen LogP contribution < -0.4 is 4.90 Å². The van der Waals surface area contributed by atoms with Crippen molar-refractivity contribution in [2.75, 3.05) is 25.1 Å². The Morgan fingerprint density at radius 2 is 2.39 bits per heavy atom. The van der Waals surface area contributed by atoms with Crippen LogP contribution in [0.15, 0.2) is 12.3 Å². The molecule has 0 bridgehead atoms. The number of rotatable bonds is 2. The third-order valence-corrected chi connectivity index (χ3v) is 3.25. The highest BCUT2D eigenvalue weighted by Gasteiger charge is 2.25. The average molecular weight is 251 g/mol. The standard InChI is InChI=1S/C12H17N3O3/c1-8-4-6-15(7-9(8)16)10-3-5-13-11(14-10)12(17)18-2/h3,5,8-9,16H,4,6-7H2,1-2H3. The van der Waals surface area contributed by atoms with Gasteiger partial charge in [-0.2, -0.15) is 0 Å². The van der Waals surface area contributed by atoms with Crippen LogP contribution in [0.2, 0.25) is 0 Å². The van der Waals surface area contributed by atoms with Crippen molar-refractivity contribution in [2.45, 2.75) is 19.4 Å². The van der Waals surface area contributed by atoms with Gasteiger partial charge in [0.25, 0.3) is 0 Å². The lowest BCUT2D eigenvalue weighted by Gasteiger charge is -2.34. The summed E-state index contributed by atoms with van der Waals surface area (Å²) in [5.74, 6) is 0.436. The minimum atomic E-state index is -0.553. The average Bonchev–Trinajstić information content (AvgIpc) is 2.41. The monoisotopic (exact) mass is 251 g/mol. The lowest BCUT2D eigenvalue weighted by atomic mass is 9.96. The van der Waals surface area contributed by atoms with Gasteiger partial charge in [0, 0.05) is 19.3 Å². The fraction of sp³-hybridized carbons (Fsp3) is 0.583. The summed E-state index contributed by atoms with van der Waals surface area (Å²) in [4.78, 5) is 21.3. The largest absolute Gasteiger partial charge is 0.463 e. The van der Waals surface area contributed by atoms with Gasteiger partial charge in [-0.3, -0.25) is 0 Å². The number of esters is 1. The predicted molar refractivity (Wildman–Crippen MR) is 65.4 cm³/mol. The molecule has 0 amide bonds. The molecular formula is C12H17N3O3. The van der Waals surface area contributed by atoms with Crippen LogP contribution in [0.3, 0.4) is 0 Å². The summed E-state index contributed by atoms with van der Waals surface area (Å²) in [6, 6.07) is 1.73. The van der Waals surface area contributed by atoms with E-state index in [0.29, 0.717) is 18.3 Å². The van der Waals surface area contributed by atoms with E-state index in [2.05, 4.69) is 14.7 Å². The second-order valence-electron chi connectivity index (χ2n) is 4.51. The summed E-state index contributed by atoms with van der Waals surface area (Å²) >= 11 is 0. The van der Waals surface area contributed by atoms with Crippen molar-refractivity contribution in [1.29, 1.82) is 0 Å². The second kappa shape index (κ2) is 5.30. The maximum absolute atomic E-state index is 11.3. The van der Waals surface area contributed by atoms with Crippen LogP contribution in [0.4, 0.5) is 5.82 Å². The number of β-amino-alcohol motifs (C(OH)–C–C–N with tert-alkyl or cyclic N) is 1. The number of methoxy groups -OCH3 is 1. The van der Waals surface area contributed by atoms with E-state index in [1.54, 1.807) is 6.07 Å². The molecule has 1 aliphatic heterocycles. The Morgan fingerprint density at radius 3 is 3.06 bits per heavy atom. The number of carbonyl (C=O) groups excluding carboxylic acids is 1. The molecule has 18 heavy (non-hydrogen) atoms. The van der Waals surface area contributed by atoms with Gasteiger partial charge in [0.15, 0.2) is 0 Å². The highest BCUT2D eigenvalue weighted by molar-refractivity contribution is 5.85. The summed E-state index contributed by atoms with van der Waals surface area (Å²) < 4.78 is 4.58. The van der Waals surface area contributed by atoms with E-state index in [0.717, 1.165) is 13.0 Å². The van der Waals surface area contributed by atoms with Gasteiger partial charge >= 0.3 is 5.97 Å². The highest BCUT2D eigenvalue weighted by atomic mass is 16.5. The van der Waals surface area contributed by atoms with Crippen molar-refractivity contribution in [3.8, 4) is 0 Å². The van der Waals surface area contributed by atoms with Crippen LogP contribution in [-0.4, -0.2) is 47.3 Å². The number of aliphatic hydroxyl groups is 1. The fourth-order valence-electron chi connectivity index (χ4n) is 1.97.